The van der Waals surface area contributed by atoms with Crippen molar-refractivity contribution in [2.45, 2.75) is 43.0 Å². The van der Waals surface area contributed by atoms with Crippen LogP contribution in [-0.2, 0) is 4.74 Å². The van der Waals surface area contributed by atoms with Gasteiger partial charge in [0.2, 0.25) is 11.8 Å². The molecule has 16 heteroatoms. The molecule has 0 bridgehead atoms. The fraction of sp³-hybridized carbons (Fsp3) is 0.500. The van der Waals surface area contributed by atoms with Crippen molar-refractivity contribution in [1.29, 1.82) is 0 Å². The molecule has 2 aliphatic rings. The summed E-state index contributed by atoms with van der Waals surface area (Å²) in [6.07, 6.45) is 6.06. The van der Waals surface area contributed by atoms with E-state index in [4.69, 9.17) is 9.47 Å². The van der Waals surface area contributed by atoms with Crippen molar-refractivity contribution >= 4 is 33.7 Å². The van der Waals surface area contributed by atoms with Crippen molar-refractivity contribution in [2.75, 3.05) is 43.6 Å². The molecule has 2 heterocycles. The van der Waals surface area contributed by atoms with Crippen LogP contribution in [0.2, 0.25) is 0 Å². The number of nitrogens with one attached hydrogen (secondary N) is 2. The summed E-state index contributed by atoms with van der Waals surface area (Å²) in [5, 5.41) is 7.56. The number of amides is 2. The fourth-order valence-electron chi connectivity index (χ4n) is 3.92. The summed E-state index contributed by atoms with van der Waals surface area (Å²) < 4.78 is 74.5. The zero-order valence-corrected chi connectivity index (χ0v) is 21.4. The van der Waals surface area contributed by atoms with E-state index >= 15 is 0 Å². The minimum Gasteiger partial charge on any atom is -0.495 e. The predicted octanol–water partition coefficient (Wildman–Crippen LogP) is 6.52. The third-order valence-corrected chi connectivity index (χ3v) is 6.97. The second-order valence-corrected chi connectivity index (χ2v) is 11.1. The van der Waals surface area contributed by atoms with Gasteiger partial charge in [0, 0.05) is 31.4 Å². The van der Waals surface area contributed by atoms with Crippen LogP contribution in [0.5, 0.6) is 5.75 Å². The second kappa shape index (κ2) is 11.2. The molecule has 38 heavy (non-hydrogen) atoms. The van der Waals surface area contributed by atoms with Gasteiger partial charge < -0.3 is 25.0 Å². The Morgan fingerprint density at radius 1 is 1.11 bits per heavy atom. The number of urea groups is 1. The van der Waals surface area contributed by atoms with E-state index in [0.29, 0.717) is 19.2 Å². The van der Waals surface area contributed by atoms with E-state index in [0.717, 1.165) is 51.3 Å². The first kappa shape index (κ1) is 29.3. The molecule has 0 spiro atoms. The van der Waals surface area contributed by atoms with Gasteiger partial charge >= 0.3 is 16.3 Å². The molecule has 2 amide bonds. The Bertz CT molecular complexity index is 1130. The van der Waals surface area contributed by atoms with Crippen LogP contribution in [-0.4, -0.2) is 55.5 Å². The minimum absolute atomic E-state index is 0.0800. The van der Waals surface area contributed by atoms with Crippen molar-refractivity contribution < 1.29 is 33.7 Å². The maximum Gasteiger partial charge on any atom is 0.319 e. The quantitative estimate of drug-likeness (QED) is 0.301. The Balaban J connectivity index is 0.000000241. The number of carbonyl (C=O) groups excluding carboxylic acids is 1. The Kier molecular flexibility index (Phi) is 8.65. The van der Waals surface area contributed by atoms with Crippen LogP contribution < -0.4 is 20.3 Å². The number of anilines is 2. The summed E-state index contributed by atoms with van der Waals surface area (Å²) in [4.78, 5) is 30.1. The standard InChI is InChI=1S/C14H19F5N2O2S.C8H10N4O2/c1-23-13-8-7-11(24(15,16,17,18)19)9-12(13)21-14(22)20-10-5-3-2-4-6-10;13-11-7-1-2-9-8(10-7)12-3-5-14-6-4-12/h7-10H,2-6H2,1H3,(H2,20,21,22);1-2H,3-6H2. The monoisotopic (exact) mass is 568 g/mol. The Morgan fingerprint density at radius 3 is 2.39 bits per heavy atom. The van der Waals surface area contributed by atoms with Crippen molar-refractivity contribution in [3.05, 3.63) is 35.4 Å². The van der Waals surface area contributed by atoms with Gasteiger partial charge in [-0.05, 0) is 36.2 Å². The molecule has 1 aromatic carbocycles. The zero-order valence-electron chi connectivity index (χ0n) is 20.5. The molecule has 2 N–H and O–H groups in total. The van der Waals surface area contributed by atoms with Gasteiger partial charge in [-0.1, -0.05) is 38.7 Å². The number of aromatic nitrogens is 2. The number of nitroso groups, excluding NO2 is 1. The van der Waals surface area contributed by atoms with E-state index in [1.807, 2.05) is 4.90 Å². The van der Waals surface area contributed by atoms with E-state index in [2.05, 4.69) is 25.8 Å². The molecular weight excluding hydrogens is 539 g/mol. The summed E-state index contributed by atoms with van der Waals surface area (Å²) >= 11 is 0. The molecule has 10 nitrogen and oxygen atoms in total. The molecule has 1 aliphatic carbocycles. The number of morpholine rings is 1. The van der Waals surface area contributed by atoms with Gasteiger partial charge in [0.25, 0.3) is 0 Å². The lowest BCUT2D eigenvalue weighted by atomic mass is 9.96. The average molecular weight is 569 g/mol. The van der Waals surface area contributed by atoms with E-state index in [9.17, 15) is 29.1 Å². The van der Waals surface area contributed by atoms with E-state index < -0.39 is 26.8 Å². The van der Waals surface area contributed by atoms with Crippen molar-refractivity contribution in [3.63, 3.8) is 0 Å². The highest BCUT2D eigenvalue weighted by atomic mass is 32.5. The number of halogens is 5. The van der Waals surface area contributed by atoms with Gasteiger partial charge in [0.15, 0.2) is 0 Å². The first-order valence-electron chi connectivity index (χ1n) is 11.8. The fourth-order valence-corrected chi connectivity index (χ4v) is 4.59. The molecule has 2 aromatic rings. The zero-order chi connectivity index (χ0) is 27.9. The van der Waals surface area contributed by atoms with Gasteiger partial charge in [-0.2, -0.15) is 4.98 Å². The first-order chi connectivity index (χ1) is 17.8. The second-order valence-electron chi connectivity index (χ2n) is 8.67. The summed E-state index contributed by atoms with van der Waals surface area (Å²) in [5.41, 5.74) is -0.462. The molecule has 1 aromatic heterocycles. The number of rotatable bonds is 6. The van der Waals surface area contributed by atoms with E-state index in [-0.39, 0.29) is 29.7 Å². The lowest BCUT2D eigenvalue weighted by molar-refractivity contribution is 0.122. The van der Waals surface area contributed by atoms with Crippen molar-refractivity contribution in [1.82, 2.24) is 15.3 Å². The highest BCUT2D eigenvalue weighted by molar-refractivity contribution is 8.45. The Labute approximate surface area is 216 Å². The number of ether oxygens (including phenoxy) is 2. The molecule has 0 unspecified atom stereocenters. The third kappa shape index (κ3) is 8.65. The van der Waals surface area contributed by atoms with E-state index in [1.54, 1.807) is 0 Å². The highest BCUT2D eigenvalue weighted by Crippen LogP contribution is 3.02. The predicted molar refractivity (Wildman–Crippen MR) is 134 cm³/mol. The maximum atomic E-state index is 12.9. The summed E-state index contributed by atoms with van der Waals surface area (Å²) in [6, 6.07) is 1.84. The molecule has 1 saturated carbocycles. The van der Waals surface area contributed by atoms with Crippen molar-refractivity contribution in [3.8, 4) is 5.75 Å². The highest BCUT2D eigenvalue weighted by Gasteiger charge is 2.65. The topological polar surface area (TPSA) is 118 Å². The molecule has 0 radical (unpaired) electrons. The molecular formula is C22H29F5N6O4S. The number of benzene rings is 1. The lowest BCUT2D eigenvalue weighted by Gasteiger charge is -2.40. The van der Waals surface area contributed by atoms with Crippen LogP contribution in [0.25, 0.3) is 0 Å². The number of nitrogens with zero attached hydrogens (tertiary/aromatic N) is 4. The molecule has 1 aliphatic heterocycles. The molecule has 212 valence electrons. The van der Waals surface area contributed by atoms with Crippen LogP contribution in [0.3, 0.4) is 0 Å². The van der Waals surface area contributed by atoms with Gasteiger partial charge in [-0.3, -0.25) is 0 Å². The first-order valence-corrected chi connectivity index (χ1v) is 13.7. The van der Waals surface area contributed by atoms with Crippen LogP contribution in [0.4, 0.5) is 41.7 Å². The van der Waals surface area contributed by atoms with Crippen LogP contribution in [0.15, 0.2) is 40.5 Å². The Morgan fingerprint density at radius 2 is 1.79 bits per heavy atom. The Hall–Kier alpha value is -3.27. The van der Waals surface area contributed by atoms with Gasteiger partial charge in [-0.15, -0.1) is 4.91 Å². The van der Waals surface area contributed by atoms with Gasteiger partial charge in [0.1, 0.15) is 10.6 Å². The smallest absolute Gasteiger partial charge is 0.319 e. The lowest BCUT2D eigenvalue weighted by Crippen LogP contribution is -2.39. The third-order valence-electron chi connectivity index (χ3n) is 5.82. The maximum absolute atomic E-state index is 12.9. The minimum atomic E-state index is -9.83. The largest absolute Gasteiger partial charge is 0.495 e. The van der Waals surface area contributed by atoms with Crippen LogP contribution in [0.1, 0.15) is 32.1 Å². The normalized spacial score (nSPS) is 18.2. The van der Waals surface area contributed by atoms with Gasteiger partial charge in [-0.25, -0.2) is 9.78 Å². The summed E-state index contributed by atoms with van der Waals surface area (Å²) in [7, 11) is -8.67. The molecule has 4 rings (SSSR count). The average Bonchev–Trinajstić information content (AvgIpc) is 2.89. The SMILES string of the molecule is COc1ccc(S(F)(F)(F)(F)F)cc1NC(=O)NC1CCCCC1.O=Nc1ccnc(N2CCOCC2)n1. The van der Waals surface area contributed by atoms with Crippen molar-refractivity contribution in [2.24, 2.45) is 5.18 Å². The van der Waals surface area contributed by atoms with Gasteiger partial charge in [0.05, 0.1) is 26.0 Å². The molecule has 0 atom stereocenters. The van der Waals surface area contributed by atoms with Crippen LogP contribution >= 0.6 is 10.2 Å². The summed E-state index contributed by atoms with van der Waals surface area (Å²) in [5.74, 6) is 0.575. The van der Waals surface area contributed by atoms with E-state index in [1.165, 1.54) is 19.4 Å². The number of hydrogen-bond acceptors (Lipinski definition) is 8. The van der Waals surface area contributed by atoms with Crippen LogP contribution in [0, 0.1) is 4.91 Å². The number of carbonyl (C=O) groups is 1. The number of methoxy groups -OCH3 is 1. The number of hydrogen-bond donors (Lipinski definition) is 2. The molecule has 1 saturated heterocycles. The molecule has 2 fully saturated rings. The summed E-state index contributed by atoms with van der Waals surface area (Å²) in [6.45, 7) is 2.84.